The van der Waals surface area contributed by atoms with Gasteiger partial charge in [-0.1, -0.05) is 24.3 Å². The van der Waals surface area contributed by atoms with E-state index in [1.165, 1.54) is 13.2 Å². The molecular formula is C23H17F3N2O2. The summed E-state index contributed by atoms with van der Waals surface area (Å²) >= 11 is 0. The van der Waals surface area contributed by atoms with Crippen molar-refractivity contribution in [1.82, 2.24) is 4.98 Å². The third-order valence-electron chi connectivity index (χ3n) is 4.21. The molecule has 3 rings (SSSR count). The number of allylic oxidation sites excluding steroid dienone is 1. The van der Waals surface area contributed by atoms with Gasteiger partial charge in [0.25, 0.3) is 0 Å². The van der Waals surface area contributed by atoms with E-state index in [-0.39, 0.29) is 6.61 Å². The molecule has 0 unspecified atom stereocenters. The van der Waals surface area contributed by atoms with Gasteiger partial charge in [0.1, 0.15) is 12.7 Å². The summed E-state index contributed by atoms with van der Waals surface area (Å²) in [4.78, 5) is 4.17. The highest BCUT2D eigenvalue weighted by atomic mass is 19.4. The van der Waals surface area contributed by atoms with Crippen LogP contribution in [0.5, 0.6) is 11.5 Å². The third kappa shape index (κ3) is 5.17. The summed E-state index contributed by atoms with van der Waals surface area (Å²) in [5.41, 5.74) is 1.28. The standard InChI is InChI=1S/C23H17F3N2O2/c1-29-22-13-16(11-18(14-27)20-7-2-3-10-28-20)8-9-21(22)30-15-17-5-4-6-19(12-17)23(24,25)26/h2-13H,15H2,1H3/b18-11-. The smallest absolute Gasteiger partial charge is 0.416 e. The van der Waals surface area contributed by atoms with Crippen LogP contribution in [0, 0.1) is 11.3 Å². The molecule has 0 aliphatic carbocycles. The number of hydrogen-bond donors (Lipinski definition) is 0. The van der Waals surface area contributed by atoms with Crippen LogP contribution in [-0.4, -0.2) is 12.1 Å². The first-order chi connectivity index (χ1) is 14.4. The molecule has 1 aromatic heterocycles. The van der Waals surface area contributed by atoms with Crippen molar-refractivity contribution < 1.29 is 22.6 Å². The molecule has 0 aliphatic rings. The van der Waals surface area contributed by atoms with Gasteiger partial charge in [0.15, 0.2) is 11.5 Å². The predicted octanol–water partition coefficient (Wildman–Crippen LogP) is 5.75. The van der Waals surface area contributed by atoms with E-state index < -0.39 is 11.7 Å². The number of hydrogen-bond acceptors (Lipinski definition) is 4. The zero-order valence-electron chi connectivity index (χ0n) is 16.0. The molecule has 7 heteroatoms. The van der Waals surface area contributed by atoms with Crippen molar-refractivity contribution in [2.24, 2.45) is 0 Å². The Morgan fingerprint density at radius 2 is 1.90 bits per heavy atom. The second kappa shape index (κ2) is 9.14. The number of pyridine rings is 1. The number of halogens is 3. The molecule has 30 heavy (non-hydrogen) atoms. The Morgan fingerprint density at radius 3 is 2.57 bits per heavy atom. The van der Waals surface area contributed by atoms with Crippen LogP contribution < -0.4 is 9.47 Å². The summed E-state index contributed by atoms with van der Waals surface area (Å²) in [6.07, 6.45) is -1.14. The van der Waals surface area contributed by atoms with Crippen LogP contribution >= 0.6 is 0 Å². The number of rotatable bonds is 6. The van der Waals surface area contributed by atoms with Crippen molar-refractivity contribution in [1.29, 1.82) is 5.26 Å². The highest BCUT2D eigenvalue weighted by Gasteiger charge is 2.30. The molecule has 0 fully saturated rings. The largest absolute Gasteiger partial charge is 0.493 e. The van der Waals surface area contributed by atoms with Crippen molar-refractivity contribution in [3.63, 3.8) is 0 Å². The minimum atomic E-state index is -4.41. The normalized spacial score (nSPS) is 11.6. The topological polar surface area (TPSA) is 55.1 Å². The summed E-state index contributed by atoms with van der Waals surface area (Å²) in [5.74, 6) is 0.775. The van der Waals surface area contributed by atoms with Gasteiger partial charge >= 0.3 is 6.18 Å². The van der Waals surface area contributed by atoms with Crippen molar-refractivity contribution in [2.75, 3.05) is 7.11 Å². The quantitative estimate of drug-likeness (QED) is 0.486. The molecular weight excluding hydrogens is 393 g/mol. The van der Waals surface area contributed by atoms with E-state index in [1.54, 1.807) is 54.7 Å². The zero-order valence-corrected chi connectivity index (χ0v) is 16.0. The average Bonchev–Trinajstić information content (AvgIpc) is 2.76. The van der Waals surface area contributed by atoms with E-state index in [4.69, 9.17) is 9.47 Å². The highest BCUT2D eigenvalue weighted by molar-refractivity contribution is 5.88. The minimum Gasteiger partial charge on any atom is -0.493 e. The lowest BCUT2D eigenvalue weighted by atomic mass is 10.1. The second-order valence-electron chi connectivity index (χ2n) is 6.28. The number of alkyl halides is 3. The molecule has 0 saturated heterocycles. The van der Waals surface area contributed by atoms with Crippen molar-refractivity contribution in [3.05, 3.63) is 89.2 Å². The first-order valence-corrected chi connectivity index (χ1v) is 8.91. The molecule has 0 radical (unpaired) electrons. The highest BCUT2D eigenvalue weighted by Crippen LogP contribution is 2.32. The Labute approximate surface area is 171 Å². The summed E-state index contributed by atoms with van der Waals surface area (Å²) in [5, 5.41) is 9.42. The van der Waals surface area contributed by atoms with Crippen molar-refractivity contribution in [2.45, 2.75) is 12.8 Å². The SMILES string of the molecule is COc1cc(/C=C(/C#N)c2ccccn2)ccc1OCc1cccc(C(F)(F)F)c1. The number of aromatic nitrogens is 1. The van der Waals surface area contributed by atoms with Gasteiger partial charge in [-0.3, -0.25) is 4.98 Å². The molecule has 1 heterocycles. The van der Waals surface area contributed by atoms with Gasteiger partial charge in [0, 0.05) is 6.20 Å². The zero-order chi connectivity index (χ0) is 21.6. The number of ether oxygens (including phenoxy) is 2. The van der Waals surface area contributed by atoms with E-state index >= 15 is 0 Å². The molecule has 4 nitrogen and oxygen atoms in total. The number of benzene rings is 2. The van der Waals surface area contributed by atoms with E-state index in [2.05, 4.69) is 11.1 Å². The summed E-state index contributed by atoms with van der Waals surface area (Å²) in [6, 6.07) is 17.4. The predicted molar refractivity (Wildman–Crippen MR) is 106 cm³/mol. The van der Waals surface area contributed by atoms with Gasteiger partial charge in [0.05, 0.1) is 23.9 Å². The van der Waals surface area contributed by atoms with Gasteiger partial charge in [-0.25, -0.2) is 0 Å². The fourth-order valence-corrected chi connectivity index (χ4v) is 2.74. The minimum absolute atomic E-state index is 0.0488. The number of nitrogens with zero attached hydrogens (tertiary/aromatic N) is 2. The van der Waals surface area contributed by atoms with Gasteiger partial charge in [0.2, 0.25) is 0 Å². The maximum atomic E-state index is 12.9. The Morgan fingerprint density at radius 1 is 1.07 bits per heavy atom. The van der Waals surface area contributed by atoms with Crippen LogP contribution in [0.3, 0.4) is 0 Å². The Bertz CT molecular complexity index is 1090. The van der Waals surface area contributed by atoms with Crippen molar-refractivity contribution >= 4 is 11.6 Å². The Hall–Kier alpha value is -3.79. The third-order valence-corrected chi connectivity index (χ3v) is 4.21. The molecule has 0 bridgehead atoms. The summed E-state index contributed by atoms with van der Waals surface area (Å²) in [7, 11) is 1.46. The molecule has 0 atom stereocenters. The average molecular weight is 410 g/mol. The van der Waals surface area contributed by atoms with Crippen LogP contribution in [0.2, 0.25) is 0 Å². The fourth-order valence-electron chi connectivity index (χ4n) is 2.74. The molecule has 0 amide bonds. The van der Waals surface area contributed by atoms with Gasteiger partial charge in [-0.2, -0.15) is 18.4 Å². The van der Waals surface area contributed by atoms with Crippen LogP contribution in [0.25, 0.3) is 11.6 Å². The molecule has 0 aliphatic heterocycles. The molecule has 0 saturated carbocycles. The summed E-state index contributed by atoms with van der Waals surface area (Å²) in [6.45, 7) is -0.0488. The van der Waals surface area contributed by atoms with Crippen LogP contribution in [0.15, 0.2) is 66.9 Å². The first kappa shape index (κ1) is 20.9. The van der Waals surface area contributed by atoms with Crippen LogP contribution in [-0.2, 0) is 12.8 Å². The van der Waals surface area contributed by atoms with Crippen molar-refractivity contribution in [3.8, 4) is 17.6 Å². The van der Waals surface area contributed by atoms with Gasteiger partial charge in [-0.05, 0) is 53.6 Å². The first-order valence-electron chi connectivity index (χ1n) is 8.91. The van der Waals surface area contributed by atoms with E-state index in [0.717, 1.165) is 12.1 Å². The molecule has 2 aromatic carbocycles. The van der Waals surface area contributed by atoms with Gasteiger partial charge in [-0.15, -0.1) is 0 Å². The molecule has 152 valence electrons. The number of nitriles is 1. The van der Waals surface area contributed by atoms with E-state index in [1.807, 2.05) is 0 Å². The Kier molecular flexibility index (Phi) is 6.38. The Balaban J connectivity index is 1.80. The molecule has 3 aromatic rings. The van der Waals surface area contributed by atoms with Gasteiger partial charge < -0.3 is 9.47 Å². The van der Waals surface area contributed by atoms with Crippen LogP contribution in [0.4, 0.5) is 13.2 Å². The lowest BCUT2D eigenvalue weighted by Gasteiger charge is -2.13. The maximum Gasteiger partial charge on any atom is 0.416 e. The molecule has 0 spiro atoms. The monoisotopic (exact) mass is 410 g/mol. The number of methoxy groups -OCH3 is 1. The van der Waals surface area contributed by atoms with E-state index in [9.17, 15) is 18.4 Å². The second-order valence-corrected chi connectivity index (χ2v) is 6.28. The lowest BCUT2D eigenvalue weighted by molar-refractivity contribution is -0.137. The van der Waals surface area contributed by atoms with Crippen LogP contribution in [0.1, 0.15) is 22.4 Å². The lowest BCUT2D eigenvalue weighted by Crippen LogP contribution is -2.06. The summed E-state index contributed by atoms with van der Waals surface area (Å²) < 4.78 is 49.6. The molecule has 0 N–H and O–H groups in total. The fraction of sp³-hybridized carbons (Fsp3) is 0.130. The maximum absolute atomic E-state index is 12.9. The van der Waals surface area contributed by atoms with E-state index in [0.29, 0.717) is 33.9 Å².